The number of ether oxygens (including phenoxy) is 1. The fourth-order valence-corrected chi connectivity index (χ4v) is 6.66. The summed E-state index contributed by atoms with van der Waals surface area (Å²) in [5.74, 6) is -0.430. The molecule has 0 saturated carbocycles. The normalized spacial score (nSPS) is 17.6. The first-order valence-corrected chi connectivity index (χ1v) is 14.1. The Bertz CT molecular complexity index is 1530. The number of hydrogen-bond acceptors (Lipinski definition) is 4. The molecule has 1 amide bonds. The van der Waals surface area contributed by atoms with Gasteiger partial charge in [-0.3, -0.25) is 9.69 Å². The summed E-state index contributed by atoms with van der Waals surface area (Å²) in [6, 6.07) is 31.9. The van der Waals surface area contributed by atoms with Gasteiger partial charge in [-0.1, -0.05) is 72.8 Å². The zero-order valence-corrected chi connectivity index (χ0v) is 22.7. The first kappa shape index (κ1) is 26.4. The molecule has 5 rings (SSSR count). The van der Waals surface area contributed by atoms with Crippen molar-refractivity contribution in [3.63, 3.8) is 0 Å². The highest BCUT2D eigenvalue weighted by Crippen LogP contribution is 2.45. The molecular weight excluding hydrogens is 508 g/mol. The van der Waals surface area contributed by atoms with Crippen LogP contribution in [0.25, 0.3) is 0 Å². The quantitative estimate of drug-likeness (QED) is 0.260. The van der Waals surface area contributed by atoms with E-state index in [0.29, 0.717) is 28.3 Å². The maximum Gasteiger partial charge on any atom is 0.243 e. The Hall–Kier alpha value is -4.20. The number of anilines is 2. The maximum atomic E-state index is 14.5. The summed E-state index contributed by atoms with van der Waals surface area (Å²) in [6.07, 6.45) is 0. The average Bonchev–Trinajstić information content (AvgIpc) is 3.32. The lowest BCUT2D eigenvalue weighted by molar-refractivity contribution is -0.121. The summed E-state index contributed by atoms with van der Waals surface area (Å²) >= 11 is 0. The number of carbonyl (C=O) groups is 1. The first-order chi connectivity index (χ1) is 18.8. The lowest BCUT2D eigenvalue weighted by atomic mass is 9.90. The van der Waals surface area contributed by atoms with Crippen LogP contribution in [0.3, 0.4) is 0 Å². The number of sulfonamides is 1. The van der Waals surface area contributed by atoms with Crippen LogP contribution in [0.15, 0.2) is 126 Å². The van der Waals surface area contributed by atoms with Crippen LogP contribution in [0.2, 0.25) is 0 Å². The first-order valence-electron chi connectivity index (χ1n) is 12.7. The molecule has 39 heavy (non-hydrogen) atoms. The molecule has 1 aliphatic heterocycles. The number of benzene rings is 4. The van der Waals surface area contributed by atoms with Crippen molar-refractivity contribution in [3.8, 4) is 5.75 Å². The minimum atomic E-state index is -3.95. The van der Waals surface area contributed by atoms with Gasteiger partial charge in [0.1, 0.15) is 5.75 Å². The van der Waals surface area contributed by atoms with E-state index >= 15 is 0 Å². The molecule has 7 heteroatoms. The van der Waals surface area contributed by atoms with E-state index in [0.717, 1.165) is 5.56 Å². The maximum absolute atomic E-state index is 14.5. The van der Waals surface area contributed by atoms with E-state index < -0.39 is 22.0 Å². The minimum absolute atomic E-state index is 0.0285. The van der Waals surface area contributed by atoms with Crippen molar-refractivity contribution < 1.29 is 17.9 Å². The number of hydrogen-bond donors (Lipinski definition) is 0. The number of para-hydroxylation sites is 2. The van der Waals surface area contributed by atoms with E-state index in [-0.39, 0.29) is 17.3 Å². The third-order valence-corrected chi connectivity index (χ3v) is 8.87. The van der Waals surface area contributed by atoms with Gasteiger partial charge < -0.3 is 4.74 Å². The molecule has 0 bridgehead atoms. The van der Waals surface area contributed by atoms with Crippen molar-refractivity contribution >= 4 is 27.3 Å². The number of nitrogens with zero attached hydrogens (tertiary/aromatic N) is 2. The Morgan fingerprint density at radius 3 is 1.90 bits per heavy atom. The smallest absolute Gasteiger partial charge is 0.243 e. The van der Waals surface area contributed by atoms with Crippen molar-refractivity contribution in [3.05, 3.63) is 132 Å². The van der Waals surface area contributed by atoms with Crippen molar-refractivity contribution in [2.24, 2.45) is 5.92 Å². The standard InChI is InChI=1S/C32H30N2O4S/c1-23-14-20-29(21-15-23)39(36,37)33-22-24(2)30(31(33)25-16-18-28(38-3)19-17-25)32(35)34(26-10-6-4-7-11-26)27-12-8-5-9-13-27/h4-21,30-31H,2,22H2,1,3H3/t30-,31-/m0/s1. The van der Waals surface area contributed by atoms with Gasteiger partial charge in [-0.2, -0.15) is 4.31 Å². The molecule has 0 spiro atoms. The van der Waals surface area contributed by atoms with Gasteiger partial charge in [-0.25, -0.2) is 8.42 Å². The molecule has 6 nitrogen and oxygen atoms in total. The molecule has 0 aromatic heterocycles. The average molecular weight is 539 g/mol. The third-order valence-electron chi connectivity index (χ3n) is 7.02. The van der Waals surface area contributed by atoms with Crippen molar-refractivity contribution in [1.29, 1.82) is 0 Å². The Kier molecular flexibility index (Phi) is 7.37. The Labute approximate surface area is 229 Å². The second kappa shape index (κ2) is 10.9. The van der Waals surface area contributed by atoms with Gasteiger partial charge in [0.2, 0.25) is 15.9 Å². The van der Waals surface area contributed by atoms with Crippen molar-refractivity contribution in [2.45, 2.75) is 17.9 Å². The predicted octanol–water partition coefficient (Wildman–Crippen LogP) is 6.29. The molecule has 0 aliphatic carbocycles. The van der Waals surface area contributed by atoms with Crippen LogP contribution in [-0.2, 0) is 14.8 Å². The Morgan fingerprint density at radius 2 is 1.38 bits per heavy atom. The molecular formula is C32H30N2O4S. The molecule has 1 aliphatic rings. The highest BCUT2D eigenvalue weighted by molar-refractivity contribution is 7.89. The Balaban J connectivity index is 1.64. The summed E-state index contributed by atoms with van der Waals surface area (Å²) in [7, 11) is -2.38. The molecule has 1 saturated heterocycles. The third kappa shape index (κ3) is 5.11. The molecule has 0 N–H and O–H groups in total. The van der Waals surface area contributed by atoms with Crippen LogP contribution < -0.4 is 9.64 Å². The predicted molar refractivity (Wildman–Crippen MR) is 153 cm³/mol. The van der Waals surface area contributed by atoms with Crippen molar-refractivity contribution in [1.82, 2.24) is 4.31 Å². The summed E-state index contributed by atoms with van der Waals surface area (Å²) in [5.41, 5.74) is 3.56. The zero-order valence-electron chi connectivity index (χ0n) is 21.9. The fourth-order valence-electron chi connectivity index (χ4n) is 5.03. The Morgan fingerprint density at radius 1 is 0.846 bits per heavy atom. The minimum Gasteiger partial charge on any atom is -0.497 e. The van der Waals surface area contributed by atoms with E-state index in [9.17, 15) is 13.2 Å². The summed E-state index contributed by atoms with van der Waals surface area (Å²) in [4.78, 5) is 16.4. The molecule has 1 heterocycles. The number of aryl methyl sites for hydroxylation is 1. The van der Waals surface area contributed by atoms with Crippen molar-refractivity contribution in [2.75, 3.05) is 18.6 Å². The van der Waals surface area contributed by atoms with E-state index in [1.165, 1.54) is 4.31 Å². The van der Waals surface area contributed by atoms with Gasteiger partial charge in [0.05, 0.1) is 24.0 Å². The molecule has 1 fully saturated rings. The van der Waals surface area contributed by atoms with Crippen LogP contribution >= 0.6 is 0 Å². The second-order valence-corrected chi connectivity index (χ2v) is 11.5. The fraction of sp³-hybridized carbons (Fsp3) is 0.156. The van der Waals surface area contributed by atoms with Gasteiger partial charge in [0.25, 0.3) is 0 Å². The van der Waals surface area contributed by atoms with Gasteiger partial charge in [0, 0.05) is 17.9 Å². The highest BCUT2D eigenvalue weighted by Gasteiger charge is 2.49. The summed E-state index contributed by atoms with van der Waals surface area (Å²) < 4.78 is 34.8. The second-order valence-electron chi connectivity index (χ2n) is 9.56. The van der Waals surface area contributed by atoms with E-state index in [1.807, 2.05) is 79.7 Å². The van der Waals surface area contributed by atoms with Crippen LogP contribution in [0.5, 0.6) is 5.75 Å². The van der Waals surface area contributed by atoms with Crippen LogP contribution in [0.4, 0.5) is 11.4 Å². The zero-order chi connectivity index (χ0) is 27.6. The molecule has 4 aromatic rings. The number of rotatable bonds is 7. The molecule has 0 unspecified atom stereocenters. The lowest BCUT2D eigenvalue weighted by Crippen LogP contribution is -2.38. The van der Waals surface area contributed by atoms with Crippen LogP contribution in [0.1, 0.15) is 17.2 Å². The summed E-state index contributed by atoms with van der Waals surface area (Å²) in [5, 5.41) is 0. The number of amides is 1. The van der Waals surface area contributed by atoms with Crippen LogP contribution in [0, 0.1) is 12.8 Å². The van der Waals surface area contributed by atoms with Gasteiger partial charge in [-0.15, -0.1) is 0 Å². The number of methoxy groups -OCH3 is 1. The largest absolute Gasteiger partial charge is 0.497 e. The monoisotopic (exact) mass is 538 g/mol. The number of carbonyl (C=O) groups excluding carboxylic acids is 1. The van der Waals surface area contributed by atoms with E-state index in [1.54, 1.807) is 48.4 Å². The van der Waals surface area contributed by atoms with Gasteiger partial charge in [0.15, 0.2) is 0 Å². The van der Waals surface area contributed by atoms with E-state index in [2.05, 4.69) is 6.58 Å². The topological polar surface area (TPSA) is 66.9 Å². The SMILES string of the molecule is C=C1CN(S(=O)(=O)c2ccc(C)cc2)[C@@H](c2ccc(OC)cc2)[C@H]1C(=O)N(c1ccccc1)c1ccccc1. The van der Waals surface area contributed by atoms with Crippen LogP contribution in [-0.4, -0.2) is 32.3 Å². The molecule has 4 aromatic carbocycles. The highest BCUT2D eigenvalue weighted by atomic mass is 32.2. The molecule has 2 atom stereocenters. The molecule has 198 valence electrons. The van der Waals surface area contributed by atoms with Gasteiger partial charge in [-0.05, 0) is 66.6 Å². The van der Waals surface area contributed by atoms with Gasteiger partial charge >= 0.3 is 0 Å². The summed E-state index contributed by atoms with van der Waals surface area (Å²) in [6.45, 7) is 6.17. The molecule has 0 radical (unpaired) electrons. The lowest BCUT2D eigenvalue weighted by Gasteiger charge is -2.31. The van der Waals surface area contributed by atoms with E-state index in [4.69, 9.17) is 4.74 Å².